The summed E-state index contributed by atoms with van der Waals surface area (Å²) in [6.45, 7) is 6.72. The summed E-state index contributed by atoms with van der Waals surface area (Å²) in [5, 5.41) is 6.25. The van der Waals surface area contributed by atoms with E-state index in [1.807, 2.05) is 44.5 Å². The first-order chi connectivity index (χ1) is 13.1. The van der Waals surface area contributed by atoms with Gasteiger partial charge in [-0.05, 0) is 66.6 Å². The second-order valence-corrected chi connectivity index (χ2v) is 6.99. The van der Waals surface area contributed by atoms with E-state index in [4.69, 9.17) is 9.72 Å². The topological polar surface area (TPSA) is 34.1 Å². The fourth-order valence-corrected chi connectivity index (χ4v) is 3.48. The maximum absolute atomic E-state index is 6.23. The van der Waals surface area contributed by atoms with Gasteiger partial charge in [0.25, 0.3) is 0 Å². The zero-order valence-electron chi connectivity index (χ0n) is 16.0. The highest BCUT2D eigenvalue weighted by Crippen LogP contribution is 2.32. The first-order valence-electron chi connectivity index (χ1n) is 8.83. The molecule has 3 aromatic rings. The highest BCUT2D eigenvalue weighted by atomic mass is 32.2. The molecule has 1 heterocycles. The fraction of sp³-hybridized carbons (Fsp3) is 0.174. The standard InChI is InChI=1S/C23H24N2OS/c1-5-18(15-27-4)19-9-10-21-22(13-19)25-16(2)11-23(21)26-20-8-6-7-17(12-20)14-24-3/h5-13,15,24H,1,14H2,2-4H3. The number of hydrogen-bond acceptors (Lipinski definition) is 4. The van der Waals surface area contributed by atoms with Crippen molar-refractivity contribution in [2.45, 2.75) is 13.5 Å². The Balaban J connectivity index is 2.02. The van der Waals surface area contributed by atoms with Gasteiger partial charge in [0.15, 0.2) is 0 Å². The van der Waals surface area contributed by atoms with Gasteiger partial charge in [-0.25, -0.2) is 0 Å². The highest BCUT2D eigenvalue weighted by molar-refractivity contribution is 8.01. The van der Waals surface area contributed by atoms with E-state index in [2.05, 4.69) is 47.6 Å². The van der Waals surface area contributed by atoms with E-state index in [1.165, 1.54) is 5.56 Å². The van der Waals surface area contributed by atoms with Gasteiger partial charge < -0.3 is 10.1 Å². The van der Waals surface area contributed by atoms with Gasteiger partial charge in [0, 0.05) is 23.7 Å². The minimum absolute atomic E-state index is 0.808. The summed E-state index contributed by atoms with van der Waals surface area (Å²) >= 11 is 1.66. The zero-order chi connectivity index (χ0) is 19.2. The predicted molar refractivity (Wildman–Crippen MR) is 117 cm³/mol. The fourth-order valence-electron chi connectivity index (χ4n) is 3.00. The van der Waals surface area contributed by atoms with Crippen LogP contribution in [0.5, 0.6) is 11.5 Å². The van der Waals surface area contributed by atoms with Crippen molar-refractivity contribution in [3.63, 3.8) is 0 Å². The van der Waals surface area contributed by atoms with Crippen LogP contribution in [0.3, 0.4) is 0 Å². The SMILES string of the molecule is C=CC(=CSC)c1ccc2c(Oc3cccc(CNC)c3)cc(C)nc2c1. The van der Waals surface area contributed by atoms with E-state index in [1.54, 1.807) is 11.8 Å². The van der Waals surface area contributed by atoms with Crippen molar-refractivity contribution in [3.8, 4) is 11.5 Å². The van der Waals surface area contributed by atoms with Gasteiger partial charge in [0.2, 0.25) is 0 Å². The second-order valence-electron chi connectivity index (χ2n) is 6.29. The van der Waals surface area contributed by atoms with Crippen LogP contribution in [0.2, 0.25) is 0 Å². The van der Waals surface area contributed by atoms with E-state index >= 15 is 0 Å². The predicted octanol–water partition coefficient (Wildman–Crippen LogP) is 5.94. The molecule has 3 rings (SSSR count). The average molecular weight is 377 g/mol. The molecule has 0 saturated heterocycles. The molecule has 1 N–H and O–H groups in total. The van der Waals surface area contributed by atoms with Crippen molar-refractivity contribution in [3.05, 3.63) is 83.4 Å². The minimum Gasteiger partial charge on any atom is -0.457 e. The molecule has 0 aliphatic heterocycles. The van der Waals surface area contributed by atoms with Crippen molar-refractivity contribution >= 4 is 28.2 Å². The van der Waals surface area contributed by atoms with Crippen molar-refractivity contribution in [2.24, 2.45) is 0 Å². The van der Waals surface area contributed by atoms with Crippen molar-refractivity contribution in [1.82, 2.24) is 10.3 Å². The molecule has 0 saturated carbocycles. The monoisotopic (exact) mass is 376 g/mol. The first kappa shape index (κ1) is 19.2. The summed E-state index contributed by atoms with van der Waals surface area (Å²) < 4.78 is 6.23. The van der Waals surface area contributed by atoms with E-state index in [0.29, 0.717) is 0 Å². The molecule has 3 nitrogen and oxygen atoms in total. The Morgan fingerprint density at radius 2 is 2.07 bits per heavy atom. The maximum Gasteiger partial charge on any atom is 0.138 e. The molecule has 0 spiro atoms. The zero-order valence-corrected chi connectivity index (χ0v) is 16.8. The third-order valence-corrected chi connectivity index (χ3v) is 4.69. The molecule has 0 aliphatic carbocycles. The smallest absolute Gasteiger partial charge is 0.138 e. The highest BCUT2D eigenvalue weighted by Gasteiger charge is 2.09. The lowest BCUT2D eigenvalue weighted by Gasteiger charge is -2.12. The minimum atomic E-state index is 0.808. The number of rotatable bonds is 7. The van der Waals surface area contributed by atoms with Crippen LogP contribution < -0.4 is 10.1 Å². The molecule has 0 radical (unpaired) electrons. The number of hydrogen-bond donors (Lipinski definition) is 1. The normalized spacial score (nSPS) is 11.6. The third kappa shape index (κ3) is 4.59. The molecule has 0 atom stereocenters. The van der Waals surface area contributed by atoms with E-state index in [0.717, 1.165) is 45.8 Å². The number of nitrogens with zero attached hydrogens (tertiary/aromatic N) is 1. The lowest BCUT2D eigenvalue weighted by Crippen LogP contribution is -2.04. The van der Waals surface area contributed by atoms with E-state index in [-0.39, 0.29) is 0 Å². The quantitative estimate of drug-likeness (QED) is 0.517. The van der Waals surface area contributed by atoms with E-state index in [9.17, 15) is 0 Å². The molecule has 0 unspecified atom stereocenters. The molecule has 4 heteroatoms. The molecule has 27 heavy (non-hydrogen) atoms. The lowest BCUT2D eigenvalue weighted by molar-refractivity contribution is 0.486. The summed E-state index contributed by atoms with van der Waals surface area (Å²) in [5.41, 5.74) is 5.23. The average Bonchev–Trinajstić information content (AvgIpc) is 2.66. The van der Waals surface area contributed by atoms with Crippen LogP contribution in [-0.4, -0.2) is 18.3 Å². The van der Waals surface area contributed by atoms with Crippen molar-refractivity contribution < 1.29 is 4.74 Å². The summed E-state index contributed by atoms with van der Waals surface area (Å²) in [4.78, 5) is 4.70. The maximum atomic E-state index is 6.23. The first-order valence-corrected chi connectivity index (χ1v) is 10.1. The second kappa shape index (κ2) is 8.89. The summed E-state index contributed by atoms with van der Waals surface area (Å²) in [7, 11) is 1.94. The van der Waals surface area contributed by atoms with Crippen LogP contribution in [0.15, 0.2) is 66.6 Å². The molecular weight excluding hydrogens is 352 g/mol. The number of fused-ring (bicyclic) bond motifs is 1. The van der Waals surface area contributed by atoms with E-state index < -0.39 is 0 Å². The molecule has 0 fully saturated rings. The van der Waals surface area contributed by atoms with Crippen LogP contribution in [-0.2, 0) is 6.54 Å². The molecular formula is C23H24N2OS. The number of aromatic nitrogens is 1. The van der Waals surface area contributed by atoms with Gasteiger partial charge in [0.1, 0.15) is 11.5 Å². The largest absolute Gasteiger partial charge is 0.457 e. The van der Waals surface area contributed by atoms with Gasteiger partial charge in [0.05, 0.1) is 5.52 Å². The van der Waals surface area contributed by atoms with Crippen LogP contribution in [0, 0.1) is 6.92 Å². The Kier molecular flexibility index (Phi) is 6.32. The number of aryl methyl sites for hydroxylation is 1. The van der Waals surface area contributed by atoms with Crippen LogP contribution in [0.4, 0.5) is 0 Å². The molecule has 0 bridgehead atoms. The van der Waals surface area contributed by atoms with Gasteiger partial charge in [-0.2, -0.15) is 0 Å². The number of ether oxygens (including phenoxy) is 1. The molecule has 0 amide bonds. The van der Waals surface area contributed by atoms with Gasteiger partial charge in [-0.15, -0.1) is 11.8 Å². The van der Waals surface area contributed by atoms with Crippen LogP contribution >= 0.6 is 11.8 Å². The van der Waals surface area contributed by atoms with Gasteiger partial charge >= 0.3 is 0 Å². The Hall–Kier alpha value is -2.56. The summed E-state index contributed by atoms with van der Waals surface area (Å²) in [6, 6.07) is 16.4. The molecule has 0 aliphatic rings. The summed E-state index contributed by atoms with van der Waals surface area (Å²) in [5.74, 6) is 1.65. The third-order valence-electron chi connectivity index (χ3n) is 4.21. The Bertz CT molecular complexity index is 995. The number of thioether (sulfide) groups is 1. The van der Waals surface area contributed by atoms with Crippen molar-refractivity contribution in [1.29, 1.82) is 0 Å². The van der Waals surface area contributed by atoms with Gasteiger partial charge in [-0.3, -0.25) is 4.98 Å². The Labute approximate surface area is 165 Å². The lowest BCUT2D eigenvalue weighted by atomic mass is 10.0. The molecule has 138 valence electrons. The number of benzene rings is 2. The summed E-state index contributed by atoms with van der Waals surface area (Å²) in [6.07, 6.45) is 3.92. The Morgan fingerprint density at radius 1 is 1.22 bits per heavy atom. The number of allylic oxidation sites excluding steroid dienone is 2. The molecule has 2 aromatic carbocycles. The van der Waals surface area contributed by atoms with Crippen LogP contribution in [0.25, 0.3) is 16.5 Å². The number of pyridine rings is 1. The van der Waals surface area contributed by atoms with Crippen molar-refractivity contribution in [2.75, 3.05) is 13.3 Å². The number of nitrogens with one attached hydrogen (secondary N) is 1. The molecule has 1 aromatic heterocycles. The Morgan fingerprint density at radius 3 is 2.81 bits per heavy atom. The van der Waals surface area contributed by atoms with Crippen LogP contribution in [0.1, 0.15) is 16.8 Å². The van der Waals surface area contributed by atoms with Gasteiger partial charge in [-0.1, -0.05) is 30.9 Å².